The molecule has 0 aliphatic rings. The third-order valence-corrected chi connectivity index (χ3v) is 2.36. The summed E-state index contributed by atoms with van der Waals surface area (Å²) in [6.45, 7) is 3.93. The van der Waals surface area contributed by atoms with Crippen molar-refractivity contribution < 1.29 is 14.3 Å². The molecule has 0 aromatic heterocycles. The van der Waals surface area contributed by atoms with E-state index in [9.17, 15) is 4.79 Å². The first-order valence-corrected chi connectivity index (χ1v) is 5.87. The van der Waals surface area contributed by atoms with Gasteiger partial charge in [-0.25, -0.2) is 0 Å². The zero-order chi connectivity index (χ0) is 13.5. The summed E-state index contributed by atoms with van der Waals surface area (Å²) in [5.41, 5.74) is 5.44. The van der Waals surface area contributed by atoms with Crippen LogP contribution >= 0.6 is 0 Å². The lowest BCUT2D eigenvalue weighted by molar-refractivity contribution is -0.122. The fourth-order valence-corrected chi connectivity index (χ4v) is 1.35. The van der Waals surface area contributed by atoms with E-state index in [2.05, 4.69) is 5.32 Å². The molecule has 0 saturated carbocycles. The van der Waals surface area contributed by atoms with Crippen LogP contribution in [0.4, 0.5) is 0 Å². The van der Waals surface area contributed by atoms with Gasteiger partial charge in [0.05, 0.1) is 19.7 Å². The summed E-state index contributed by atoms with van der Waals surface area (Å²) in [7, 11) is 1.60. The normalized spacial score (nSPS) is 13.6. The van der Waals surface area contributed by atoms with E-state index in [0.717, 1.165) is 5.75 Å². The molecule has 5 heteroatoms. The molecule has 0 aliphatic carbocycles. The second-order valence-corrected chi connectivity index (χ2v) is 4.14. The maximum atomic E-state index is 11.3. The van der Waals surface area contributed by atoms with E-state index in [1.807, 2.05) is 25.1 Å². The maximum Gasteiger partial charge on any atom is 0.236 e. The van der Waals surface area contributed by atoms with E-state index in [0.29, 0.717) is 12.3 Å². The largest absolute Gasteiger partial charge is 0.497 e. The van der Waals surface area contributed by atoms with Gasteiger partial charge in [-0.2, -0.15) is 0 Å². The second-order valence-electron chi connectivity index (χ2n) is 4.14. The third kappa shape index (κ3) is 4.63. The molecule has 0 saturated heterocycles. The Morgan fingerprint density at radius 1 is 1.39 bits per heavy atom. The van der Waals surface area contributed by atoms with Gasteiger partial charge in [0.1, 0.15) is 17.6 Å². The van der Waals surface area contributed by atoms with Gasteiger partial charge in [0, 0.05) is 6.07 Å². The Balaban J connectivity index is 2.44. The summed E-state index contributed by atoms with van der Waals surface area (Å²) in [5, 5.41) is 2.71. The molecule has 3 N–H and O–H groups in total. The van der Waals surface area contributed by atoms with Crippen LogP contribution in [0.1, 0.15) is 13.8 Å². The van der Waals surface area contributed by atoms with Crippen LogP contribution in [-0.2, 0) is 4.79 Å². The van der Waals surface area contributed by atoms with Crippen molar-refractivity contribution in [3.8, 4) is 11.5 Å². The van der Waals surface area contributed by atoms with Gasteiger partial charge >= 0.3 is 0 Å². The number of methoxy groups -OCH3 is 1. The fraction of sp³-hybridized carbons (Fsp3) is 0.462. The summed E-state index contributed by atoms with van der Waals surface area (Å²) in [5.74, 6) is 1.26. The summed E-state index contributed by atoms with van der Waals surface area (Å²) < 4.78 is 10.8. The van der Waals surface area contributed by atoms with E-state index >= 15 is 0 Å². The van der Waals surface area contributed by atoms with Crippen molar-refractivity contribution in [2.75, 3.05) is 13.7 Å². The minimum Gasteiger partial charge on any atom is -0.497 e. The minimum atomic E-state index is -0.506. The summed E-state index contributed by atoms with van der Waals surface area (Å²) in [6, 6.07) is 6.82. The highest BCUT2D eigenvalue weighted by Gasteiger charge is 2.10. The van der Waals surface area contributed by atoms with Gasteiger partial charge in [-0.15, -0.1) is 0 Å². The van der Waals surface area contributed by atoms with Gasteiger partial charge in [0.15, 0.2) is 0 Å². The van der Waals surface area contributed by atoms with E-state index in [1.54, 1.807) is 20.1 Å². The Morgan fingerprint density at radius 3 is 2.67 bits per heavy atom. The highest BCUT2D eigenvalue weighted by molar-refractivity contribution is 5.80. The first kappa shape index (κ1) is 14.3. The van der Waals surface area contributed by atoms with Crippen molar-refractivity contribution in [2.45, 2.75) is 26.0 Å². The van der Waals surface area contributed by atoms with Crippen LogP contribution in [0.3, 0.4) is 0 Å². The number of carbonyl (C=O) groups is 1. The quantitative estimate of drug-likeness (QED) is 0.789. The number of carbonyl (C=O) groups excluding carboxylic acids is 1. The number of benzene rings is 1. The molecule has 0 heterocycles. The van der Waals surface area contributed by atoms with Crippen molar-refractivity contribution in [1.82, 2.24) is 5.32 Å². The van der Waals surface area contributed by atoms with Gasteiger partial charge in [-0.05, 0) is 26.0 Å². The number of amides is 1. The van der Waals surface area contributed by atoms with Crippen molar-refractivity contribution >= 4 is 5.91 Å². The molecule has 0 bridgehead atoms. The first-order valence-electron chi connectivity index (χ1n) is 5.87. The van der Waals surface area contributed by atoms with Crippen LogP contribution in [0.25, 0.3) is 0 Å². The molecular weight excluding hydrogens is 232 g/mol. The zero-order valence-electron chi connectivity index (χ0n) is 11.0. The van der Waals surface area contributed by atoms with Crippen LogP contribution in [0.5, 0.6) is 11.5 Å². The Labute approximate surface area is 107 Å². The molecule has 0 spiro atoms. The van der Waals surface area contributed by atoms with Gasteiger partial charge in [0.25, 0.3) is 0 Å². The smallest absolute Gasteiger partial charge is 0.236 e. The Bertz CT molecular complexity index is 394. The molecule has 1 rings (SSSR count). The Hall–Kier alpha value is -1.75. The number of hydrogen-bond acceptors (Lipinski definition) is 4. The fourth-order valence-electron chi connectivity index (χ4n) is 1.35. The molecule has 1 amide bonds. The Kier molecular flexibility index (Phi) is 5.45. The molecule has 0 fully saturated rings. The SMILES string of the molecule is COc1cccc(OC(C)CNC(=O)[C@@H](C)N)c1. The topological polar surface area (TPSA) is 73.6 Å². The molecule has 1 aromatic rings. The average Bonchev–Trinajstić information content (AvgIpc) is 2.36. The summed E-state index contributed by atoms with van der Waals surface area (Å²) in [6.07, 6.45) is -0.139. The Morgan fingerprint density at radius 2 is 2.06 bits per heavy atom. The molecule has 0 radical (unpaired) electrons. The zero-order valence-corrected chi connectivity index (χ0v) is 11.0. The lowest BCUT2D eigenvalue weighted by Crippen LogP contribution is -2.42. The van der Waals surface area contributed by atoms with Crippen LogP contribution in [0, 0.1) is 0 Å². The molecule has 0 aliphatic heterocycles. The molecular formula is C13H20N2O3. The minimum absolute atomic E-state index is 0.139. The standard InChI is InChI=1S/C13H20N2O3/c1-9(8-15-13(16)10(2)14)18-12-6-4-5-11(7-12)17-3/h4-7,9-10H,8,14H2,1-3H3,(H,15,16)/t9?,10-/m1/s1. The van der Waals surface area contributed by atoms with E-state index in [-0.39, 0.29) is 12.0 Å². The average molecular weight is 252 g/mol. The van der Waals surface area contributed by atoms with Crippen LogP contribution in [0.15, 0.2) is 24.3 Å². The molecule has 1 aromatic carbocycles. The van der Waals surface area contributed by atoms with Crippen molar-refractivity contribution in [3.05, 3.63) is 24.3 Å². The van der Waals surface area contributed by atoms with Gasteiger partial charge < -0.3 is 20.5 Å². The molecule has 5 nitrogen and oxygen atoms in total. The molecule has 2 atom stereocenters. The number of nitrogens with one attached hydrogen (secondary N) is 1. The van der Waals surface area contributed by atoms with Crippen LogP contribution in [0.2, 0.25) is 0 Å². The summed E-state index contributed by atoms with van der Waals surface area (Å²) >= 11 is 0. The highest BCUT2D eigenvalue weighted by atomic mass is 16.5. The predicted octanol–water partition coefficient (Wildman–Crippen LogP) is 0.926. The summed E-state index contributed by atoms with van der Waals surface area (Å²) in [4.78, 5) is 11.3. The molecule has 1 unspecified atom stereocenters. The lowest BCUT2D eigenvalue weighted by Gasteiger charge is -2.16. The number of ether oxygens (including phenoxy) is 2. The van der Waals surface area contributed by atoms with Gasteiger partial charge in [-0.1, -0.05) is 6.07 Å². The highest BCUT2D eigenvalue weighted by Crippen LogP contribution is 2.19. The number of rotatable bonds is 6. The predicted molar refractivity (Wildman–Crippen MR) is 69.7 cm³/mol. The van der Waals surface area contributed by atoms with E-state index in [1.165, 1.54) is 0 Å². The monoisotopic (exact) mass is 252 g/mol. The number of nitrogens with two attached hydrogens (primary N) is 1. The van der Waals surface area contributed by atoms with Crippen molar-refractivity contribution in [1.29, 1.82) is 0 Å². The van der Waals surface area contributed by atoms with Crippen molar-refractivity contribution in [2.24, 2.45) is 5.73 Å². The van der Waals surface area contributed by atoms with Gasteiger partial charge in [-0.3, -0.25) is 4.79 Å². The van der Waals surface area contributed by atoms with Crippen LogP contribution < -0.4 is 20.5 Å². The lowest BCUT2D eigenvalue weighted by atomic mass is 10.3. The van der Waals surface area contributed by atoms with Crippen LogP contribution in [-0.4, -0.2) is 31.7 Å². The van der Waals surface area contributed by atoms with Gasteiger partial charge in [0.2, 0.25) is 5.91 Å². The van der Waals surface area contributed by atoms with E-state index < -0.39 is 6.04 Å². The number of hydrogen-bond donors (Lipinski definition) is 2. The molecule has 100 valence electrons. The third-order valence-electron chi connectivity index (χ3n) is 2.36. The van der Waals surface area contributed by atoms with Crippen molar-refractivity contribution in [3.63, 3.8) is 0 Å². The second kappa shape index (κ2) is 6.86. The van der Waals surface area contributed by atoms with E-state index in [4.69, 9.17) is 15.2 Å². The maximum absolute atomic E-state index is 11.3. The first-order chi connectivity index (χ1) is 8.52. The molecule has 18 heavy (non-hydrogen) atoms.